The molecule has 20 heavy (non-hydrogen) atoms. The molecular weight excluding hydrogens is 286 g/mol. The van der Waals surface area contributed by atoms with Gasteiger partial charge in [0.1, 0.15) is 11.6 Å². The number of likely N-dealkylation sites (N-methyl/N-ethyl adjacent to an activating group) is 1. The standard InChI is InChI=1S/C12H10ClN3O4/c1-15(2)12(18)7(6-14)11(17)10-8(13)4-3-5-9(10)16(19)20/h3-5,17H,1-2H3. The molecule has 0 aliphatic carbocycles. The van der Waals surface area contributed by atoms with Crippen molar-refractivity contribution in [3.63, 3.8) is 0 Å². The first kappa shape index (κ1) is 15.5. The second kappa shape index (κ2) is 6.04. The molecule has 0 heterocycles. The Bertz CT molecular complexity index is 647. The molecule has 0 radical (unpaired) electrons. The molecule has 0 aromatic heterocycles. The van der Waals surface area contributed by atoms with Crippen molar-refractivity contribution in [1.29, 1.82) is 5.26 Å². The molecule has 104 valence electrons. The normalized spacial score (nSPS) is 11.3. The number of carbonyl (C=O) groups is 1. The molecule has 0 unspecified atom stereocenters. The number of nitrogens with zero attached hydrogens (tertiary/aromatic N) is 3. The van der Waals surface area contributed by atoms with E-state index in [0.717, 1.165) is 11.0 Å². The molecule has 0 saturated carbocycles. The number of amides is 1. The number of benzene rings is 1. The van der Waals surface area contributed by atoms with Crippen LogP contribution in [0.2, 0.25) is 5.02 Å². The maximum Gasteiger partial charge on any atom is 0.281 e. The molecule has 1 amide bonds. The van der Waals surface area contributed by atoms with Gasteiger partial charge in [0.05, 0.1) is 9.95 Å². The van der Waals surface area contributed by atoms with E-state index in [4.69, 9.17) is 16.9 Å². The number of nitriles is 1. The third kappa shape index (κ3) is 2.87. The molecule has 0 bridgehead atoms. The molecule has 8 heteroatoms. The van der Waals surface area contributed by atoms with Gasteiger partial charge in [-0.1, -0.05) is 17.7 Å². The van der Waals surface area contributed by atoms with Crippen molar-refractivity contribution < 1.29 is 14.8 Å². The number of rotatable bonds is 3. The van der Waals surface area contributed by atoms with Crippen LogP contribution in [0.3, 0.4) is 0 Å². The molecule has 0 atom stereocenters. The molecule has 0 spiro atoms. The minimum Gasteiger partial charge on any atom is -0.505 e. The molecule has 0 aliphatic rings. The quantitative estimate of drug-likeness (QED) is 0.302. The number of nitro benzene ring substituents is 1. The van der Waals surface area contributed by atoms with E-state index in [1.807, 2.05) is 0 Å². The van der Waals surface area contributed by atoms with Gasteiger partial charge in [0.25, 0.3) is 11.6 Å². The van der Waals surface area contributed by atoms with Crippen LogP contribution in [0.15, 0.2) is 23.8 Å². The van der Waals surface area contributed by atoms with Crippen molar-refractivity contribution in [2.75, 3.05) is 14.1 Å². The van der Waals surface area contributed by atoms with Crippen LogP contribution in [0.1, 0.15) is 5.56 Å². The molecule has 1 N–H and O–H groups in total. The van der Waals surface area contributed by atoms with Crippen molar-refractivity contribution in [2.24, 2.45) is 0 Å². The Balaban J connectivity index is 3.63. The van der Waals surface area contributed by atoms with Crippen molar-refractivity contribution >= 4 is 29.0 Å². The number of nitro groups is 1. The maximum absolute atomic E-state index is 11.8. The summed E-state index contributed by atoms with van der Waals surface area (Å²) in [6, 6.07) is 5.29. The molecule has 1 aromatic rings. The molecule has 0 aliphatic heterocycles. The van der Waals surface area contributed by atoms with Crippen molar-refractivity contribution in [3.8, 4) is 6.07 Å². The van der Waals surface area contributed by atoms with Crippen molar-refractivity contribution in [2.45, 2.75) is 0 Å². The van der Waals surface area contributed by atoms with Gasteiger partial charge in [-0.15, -0.1) is 0 Å². The monoisotopic (exact) mass is 295 g/mol. The van der Waals surface area contributed by atoms with Crippen LogP contribution in [0.4, 0.5) is 5.69 Å². The highest BCUT2D eigenvalue weighted by Crippen LogP contribution is 2.33. The van der Waals surface area contributed by atoms with E-state index in [2.05, 4.69) is 0 Å². The largest absolute Gasteiger partial charge is 0.505 e. The van der Waals surface area contributed by atoms with Gasteiger partial charge in [-0.3, -0.25) is 14.9 Å². The number of halogens is 1. The summed E-state index contributed by atoms with van der Waals surface area (Å²) in [5.74, 6) is -1.59. The van der Waals surface area contributed by atoms with E-state index in [-0.39, 0.29) is 10.6 Å². The van der Waals surface area contributed by atoms with Crippen LogP contribution < -0.4 is 0 Å². The SMILES string of the molecule is CN(C)C(=O)C(C#N)=C(O)c1c(Cl)cccc1[N+](=O)[O-]. The summed E-state index contributed by atoms with van der Waals surface area (Å²) < 4.78 is 0. The summed E-state index contributed by atoms with van der Waals surface area (Å²) in [5.41, 5.74) is -1.47. The highest BCUT2D eigenvalue weighted by Gasteiger charge is 2.26. The summed E-state index contributed by atoms with van der Waals surface area (Å²) in [6.45, 7) is 0. The van der Waals surface area contributed by atoms with Gasteiger partial charge in [-0.25, -0.2) is 0 Å². The molecule has 1 aromatic carbocycles. The number of hydrogen-bond acceptors (Lipinski definition) is 5. The zero-order chi connectivity index (χ0) is 15.4. The molecule has 0 saturated heterocycles. The second-order valence-electron chi connectivity index (χ2n) is 3.93. The van der Waals surface area contributed by atoms with Crippen molar-refractivity contribution in [1.82, 2.24) is 4.90 Å². The Morgan fingerprint density at radius 2 is 2.10 bits per heavy atom. The summed E-state index contributed by atoms with van der Waals surface area (Å²) in [7, 11) is 2.77. The average Bonchev–Trinajstić information content (AvgIpc) is 2.38. The van der Waals surface area contributed by atoms with Gasteiger partial charge < -0.3 is 10.0 Å². The van der Waals surface area contributed by atoms with E-state index in [1.165, 1.54) is 32.3 Å². The van der Waals surface area contributed by atoms with Gasteiger partial charge in [-0.05, 0) is 6.07 Å². The fourth-order valence-corrected chi connectivity index (χ4v) is 1.71. The molecule has 1 rings (SSSR count). The predicted molar refractivity (Wildman–Crippen MR) is 72.0 cm³/mol. The lowest BCUT2D eigenvalue weighted by atomic mass is 10.1. The van der Waals surface area contributed by atoms with Crippen LogP contribution in [-0.4, -0.2) is 34.9 Å². The molecule has 7 nitrogen and oxygen atoms in total. The number of aliphatic hydroxyl groups is 1. The smallest absolute Gasteiger partial charge is 0.281 e. The number of hydrogen-bond donors (Lipinski definition) is 1. The first-order valence-electron chi connectivity index (χ1n) is 5.29. The lowest BCUT2D eigenvalue weighted by Gasteiger charge is -2.11. The zero-order valence-electron chi connectivity index (χ0n) is 10.6. The van der Waals surface area contributed by atoms with Crippen LogP contribution in [0.25, 0.3) is 5.76 Å². The van der Waals surface area contributed by atoms with E-state index >= 15 is 0 Å². The summed E-state index contributed by atoms with van der Waals surface area (Å²) >= 11 is 5.82. The van der Waals surface area contributed by atoms with Crippen LogP contribution >= 0.6 is 11.6 Å². The van der Waals surface area contributed by atoms with E-state index in [9.17, 15) is 20.0 Å². The fourth-order valence-electron chi connectivity index (χ4n) is 1.45. The minimum absolute atomic E-state index is 0.129. The Morgan fingerprint density at radius 1 is 1.50 bits per heavy atom. The Morgan fingerprint density at radius 3 is 2.55 bits per heavy atom. The first-order valence-corrected chi connectivity index (χ1v) is 5.67. The van der Waals surface area contributed by atoms with Crippen molar-refractivity contribution in [3.05, 3.63) is 44.5 Å². The topological polar surface area (TPSA) is 107 Å². The highest BCUT2D eigenvalue weighted by atomic mass is 35.5. The molecular formula is C12H10ClN3O4. The first-order chi connectivity index (χ1) is 9.31. The zero-order valence-corrected chi connectivity index (χ0v) is 11.4. The lowest BCUT2D eigenvalue weighted by Crippen LogP contribution is -2.24. The van der Waals surface area contributed by atoms with Gasteiger partial charge in [0, 0.05) is 20.2 Å². The van der Waals surface area contributed by atoms with Gasteiger partial charge >= 0.3 is 0 Å². The Hall–Kier alpha value is -2.59. The summed E-state index contributed by atoms with van der Waals surface area (Å²) in [6.07, 6.45) is 0. The highest BCUT2D eigenvalue weighted by molar-refractivity contribution is 6.33. The fraction of sp³-hybridized carbons (Fsp3) is 0.167. The second-order valence-corrected chi connectivity index (χ2v) is 4.33. The Labute approximate surface area is 119 Å². The summed E-state index contributed by atoms with van der Waals surface area (Å²) in [4.78, 5) is 23.0. The van der Waals surface area contributed by atoms with E-state index in [0.29, 0.717) is 0 Å². The van der Waals surface area contributed by atoms with Crippen LogP contribution in [0, 0.1) is 21.4 Å². The Kier molecular flexibility index (Phi) is 4.67. The third-order valence-electron chi connectivity index (χ3n) is 2.39. The van der Waals surface area contributed by atoms with E-state index in [1.54, 1.807) is 0 Å². The lowest BCUT2D eigenvalue weighted by molar-refractivity contribution is -0.385. The van der Waals surface area contributed by atoms with E-state index < -0.39 is 27.9 Å². The minimum atomic E-state index is -0.816. The number of aliphatic hydroxyl groups excluding tert-OH is 1. The number of carbonyl (C=O) groups excluding carboxylic acids is 1. The van der Waals surface area contributed by atoms with Crippen LogP contribution in [0.5, 0.6) is 0 Å². The average molecular weight is 296 g/mol. The van der Waals surface area contributed by atoms with Gasteiger partial charge in [-0.2, -0.15) is 5.26 Å². The van der Waals surface area contributed by atoms with Crippen LogP contribution in [-0.2, 0) is 4.79 Å². The third-order valence-corrected chi connectivity index (χ3v) is 2.71. The summed E-state index contributed by atoms with van der Waals surface area (Å²) in [5, 5.41) is 29.8. The maximum atomic E-state index is 11.8. The van der Waals surface area contributed by atoms with Gasteiger partial charge in [0.15, 0.2) is 11.3 Å². The predicted octanol–water partition coefficient (Wildman–Crippen LogP) is 2.13. The molecule has 0 fully saturated rings. The van der Waals surface area contributed by atoms with Gasteiger partial charge in [0.2, 0.25) is 0 Å².